The van der Waals surface area contributed by atoms with Gasteiger partial charge in [0.15, 0.2) is 0 Å². The van der Waals surface area contributed by atoms with Crippen molar-refractivity contribution in [3.8, 4) is 0 Å². The number of carboxylic acids is 1. The highest BCUT2D eigenvalue weighted by Crippen LogP contribution is 2.12. The SMILES string of the molecule is CC(C)(C)C(=O)NCC(=O)N(CC(=O)O)Cc1ccccc1. The summed E-state index contributed by atoms with van der Waals surface area (Å²) in [5.74, 6) is -1.77. The van der Waals surface area contributed by atoms with E-state index in [4.69, 9.17) is 5.11 Å². The average Bonchev–Trinajstić information content (AvgIpc) is 2.43. The van der Waals surface area contributed by atoms with Gasteiger partial charge in [-0.05, 0) is 5.56 Å². The lowest BCUT2D eigenvalue weighted by Crippen LogP contribution is -2.44. The molecule has 1 aromatic rings. The number of aliphatic carboxylic acids is 1. The van der Waals surface area contributed by atoms with Crippen LogP contribution in [-0.4, -0.2) is 40.9 Å². The molecule has 2 N–H and O–H groups in total. The highest BCUT2D eigenvalue weighted by molar-refractivity contribution is 5.88. The lowest BCUT2D eigenvalue weighted by Gasteiger charge is -2.23. The molecule has 0 saturated heterocycles. The minimum Gasteiger partial charge on any atom is -0.480 e. The van der Waals surface area contributed by atoms with Gasteiger partial charge in [-0.3, -0.25) is 14.4 Å². The highest BCUT2D eigenvalue weighted by atomic mass is 16.4. The van der Waals surface area contributed by atoms with Crippen LogP contribution in [0.2, 0.25) is 0 Å². The molecule has 0 bridgehead atoms. The number of carbonyl (C=O) groups excluding carboxylic acids is 2. The molecule has 1 aromatic carbocycles. The molecular weight excluding hydrogens is 284 g/mol. The molecule has 0 heterocycles. The maximum absolute atomic E-state index is 12.2. The van der Waals surface area contributed by atoms with Crippen LogP contribution in [0, 0.1) is 5.41 Å². The standard InChI is InChI=1S/C16H22N2O4/c1-16(2,3)15(22)17-9-13(19)18(11-14(20)21)10-12-7-5-4-6-8-12/h4-8H,9-11H2,1-3H3,(H,17,22)(H,20,21). The zero-order valence-electron chi connectivity index (χ0n) is 13.1. The molecule has 0 spiro atoms. The Hall–Kier alpha value is -2.37. The Morgan fingerprint density at radius 1 is 1.14 bits per heavy atom. The van der Waals surface area contributed by atoms with Crippen molar-refractivity contribution in [2.75, 3.05) is 13.1 Å². The van der Waals surface area contributed by atoms with Crippen molar-refractivity contribution < 1.29 is 19.5 Å². The smallest absolute Gasteiger partial charge is 0.323 e. The van der Waals surface area contributed by atoms with E-state index >= 15 is 0 Å². The first kappa shape index (κ1) is 17.7. The first-order chi connectivity index (χ1) is 10.2. The molecule has 0 radical (unpaired) electrons. The molecule has 0 aliphatic heterocycles. The molecule has 0 saturated carbocycles. The summed E-state index contributed by atoms with van der Waals surface area (Å²) in [4.78, 5) is 36.1. The van der Waals surface area contributed by atoms with Crippen molar-refractivity contribution in [2.24, 2.45) is 5.41 Å². The molecule has 1 rings (SSSR count). The van der Waals surface area contributed by atoms with Gasteiger partial charge in [0.1, 0.15) is 6.54 Å². The number of nitrogens with zero attached hydrogens (tertiary/aromatic N) is 1. The van der Waals surface area contributed by atoms with Crippen molar-refractivity contribution in [1.29, 1.82) is 0 Å². The van der Waals surface area contributed by atoms with E-state index in [9.17, 15) is 14.4 Å². The molecule has 0 aromatic heterocycles. The van der Waals surface area contributed by atoms with Gasteiger partial charge in [0.05, 0.1) is 6.54 Å². The van der Waals surface area contributed by atoms with E-state index in [1.165, 1.54) is 4.90 Å². The van der Waals surface area contributed by atoms with Gasteiger partial charge in [0.2, 0.25) is 11.8 Å². The summed E-state index contributed by atoms with van der Waals surface area (Å²) in [6.07, 6.45) is 0. The summed E-state index contributed by atoms with van der Waals surface area (Å²) in [6, 6.07) is 9.11. The van der Waals surface area contributed by atoms with Crippen LogP contribution in [0.1, 0.15) is 26.3 Å². The summed E-state index contributed by atoms with van der Waals surface area (Å²) in [5.41, 5.74) is 0.233. The van der Waals surface area contributed by atoms with Gasteiger partial charge in [0, 0.05) is 12.0 Å². The fraction of sp³-hybridized carbons (Fsp3) is 0.438. The number of rotatable bonds is 6. The lowest BCUT2D eigenvalue weighted by molar-refractivity contribution is -0.145. The number of hydrogen-bond donors (Lipinski definition) is 2. The number of benzene rings is 1. The minimum absolute atomic E-state index is 0.192. The Kier molecular flexibility index (Phi) is 6.10. The maximum atomic E-state index is 12.2. The first-order valence-corrected chi connectivity index (χ1v) is 7.02. The predicted octanol–water partition coefficient (Wildman–Crippen LogP) is 1.26. The fourth-order valence-corrected chi connectivity index (χ4v) is 1.73. The second-order valence-electron chi connectivity index (χ2n) is 6.06. The third kappa shape index (κ3) is 5.95. The molecule has 6 nitrogen and oxygen atoms in total. The molecular formula is C16H22N2O4. The van der Waals surface area contributed by atoms with Gasteiger partial charge in [-0.15, -0.1) is 0 Å². The van der Waals surface area contributed by atoms with Crippen LogP contribution in [-0.2, 0) is 20.9 Å². The highest BCUT2D eigenvalue weighted by Gasteiger charge is 2.23. The van der Waals surface area contributed by atoms with Crippen LogP contribution in [0.15, 0.2) is 30.3 Å². The second kappa shape index (κ2) is 7.59. The topological polar surface area (TPSA) is 86.7 Å². The summed E-state index contributed by atoms with van der Waals surface area (Å²) >= 11 is 0. The van der Waals surface area contributed by atoms with Gasteiger partial charge in [0.25, 0.3) is 0 Å². The van der Waals surface area contributed by atoms with Crippen molar-refractivity contribution in [1.82, 2.24) is 10.2 Å². The van der Waals surface area contributed by atoms with Gasteiger partial charge in [-0.2, -0.15) is 0 Å². The molecule has 0 fully saturated rings. The van der Waals surface area contributed by atoms with Crippen LogP contribution >= 0.6 is 0 Å². The molecule has 0 aliphatic rings. The van der Waals surface area contributed by atoms with Crippen LogP contribution in [0.3, 0.4) is 0 Å². The molecule has 0 aliphatic carbocycles. The Bertz CT molecular complexity index is 535. The Labute approximate surface area is 130 Å². The Morgan fingerprint density at radius 2 is 1.73 bits per heavy atom. The van der Waals surface area contributed by atoms with Crippen LogP contribution in [0.4, 0.5) is 0 Å². The summed E-state index contributed by atoms with van der Waals surface area (Å²) < 4.78 is 0. The number of carboxylic acid groups (broad SMARTS) is 1. The molecule has 0 unspecified atom stereocenters. The quantitative estimate of drug-likeness (QED) is 0.828. The number of amides is 2. The first-order valence-electron chi connectivity index (χ1n) is 7.02. The third-order valence-electron chi connectivity index (χ3n) is 2.98. The largest absolute Gasteiger partial charge is 0.480 e. The predicted molar refractivity (Wildman–Crippen MR) is 82.0 cm³/mol. The van der Waals surface area contributed by atoms with Crippen molar-refractivity contribution >= 4 is 17.8 Å². The molecule has 2 amide bonds. The number of carbonyl (C=O) groups is 3. The van der Waals surface area contributed by atoms with Crippen molar-refractivity contribution in [3.63, 3.8) is 0 Å². The molecule has 22 heavy (non-hydrogen) atoms. The maximum Gasteiger partial charge on any atom is 0.323 e. The van der Waals surface area contributed by atoms with Crippen molar-refractivity contribution in [2.45, 2.75) is 27.3 Å². The van der Waals surface area contributed by atoms with E-state index in [0.717, 1.165) is 5.56 Å². The van der Waals surface area contributed by atoms with E-state index in [1.807, 2.05) is 30.3 Å². The molecule has 120 valence electrons. The molecule has 0 atom stereocenters. The van der Waals surface area contributed by atoms with Gasteiger partial charge >= 0.3 is 5.97 Å². The van der Waals surface area contributed by atoms with E-state index in [0.29, 0.717) is 0 Å². The third-order valence-corrected chi connectivity index (χ3v) is 2.98. The summed E-state index contributed by atoms with van der Waals surface area (Å²) in [6.45, 7) is 4.80. The lowest BCUT2D eigenvalue weighted by atomic mass is 9.96. The fourth-order valence-electron chi connectivity index (χ4n) is 1.73. The number of hydrogen-bond acceptors (Lipinski definition) is 3. The van der Waals surface area contributed by atoms with Crippen LogP contribution < -0.4 is 5.32 Å². The van der Waals surface area contributed by atoms with E-state index in [-0.39, 0.29) is 19.0 Å². The second-order valence-corrected chi connectivity index (χ2v) is 6.06. The Balaban J connectivity index is 2.69. The molecule has 6 heteroatoms. The van der Waals surface area contributed by atoms with E-state index in [1.54, 1.807) is 20.8 Å². The van der Waals surface area contributed by atoms with E-state index < -0.39 is 23.8 Å². The normalized spacial score (nSPS) is 10.9. The van der Waals surface area contributed by atoms with Crippen LogP contribution in [0.5, 0.6) is 0 Å². The summed E-state index contributed by atoms with van der Waals surface area (Å²) in [7, 11) is 0. The average molecular weight is 306 g/mol. The van der Waals surface area contributed by atoms with Crippen LogP contribution in [0.25, 0.3) is 0 Å². The Morgan fingerprint density at radius 3 is 2.23 bits per heavy atom. The number of nitrogens with one attached hydrogen (secondary N) is 1. The zero-order chi connectivity index (χ0) is 16.8. The minimum atomic E-state index is -1.09. The zero-order valence-corrected chi connectivity index (χ0v) is 13.1. The van der Waals surface area contributed by atoms with Gasteiger partial charge in [-0.25, -0.2) is 0 Å². The monoisotopic (exact) mass is 306 g/mol. The van der Waals surface area contributed by atoms with Gasteiger partial charge < -0.3 is 15.3 Å². The van der Waals surface area contributed by atoms with E-state index in [2.05, 4.69) is 5.32 Å². The van der Waals surface area contributed by atoms with Gasteiger partial charge in [-0.1, -0.05) is 51.1 Å². The summed E-state index contributed by atoms with van der Waals surface area (Å²) in [5, 5.41) is 11.5. The van der Waals surface area contributed by atoms with Crippen molar-refractivity contribution in [3.05, 3.63) is 35.9 Å².